The first kappa shape index (κ1) is 18.3. The molecular weight excluding hydrogens is 401 g/mol. The van der Waals surface area contributed by atoms with Crippen LogP contribution in [-0.2, 0) is 14.3 Å². The number of halogens is 2. The topological polar surface area (TPSA) is 55.4 Å². The van der Waals surface area contributed by atoms with Gasteiger partial charge in [0.1, 0.15) is 5.82 Å². The van der Waals surface area contributed by atoms with E-state index in [1.165, 1.54) is 12.1 Å². The highest BCUT2D eigenvalue weighted by molar-refractivity contribution is 9.10. The smallest absolute Gasteiger partial charge is 0.331 e. The molecule has 2 aromatic rings. The van der Waals surface area contributed by atoms with Crippen molar-refractivity contribution in [2.24, 2.45) is 0 Å². The number of esters is 1. The SMILES string of the molecule is O=C(/C=C/c1cc(Br)ccc1F)O[C@H](C(=O)NC1CC1)c1ccccc1. The van der Waals surface area contributed by atoms with E-state index in [1.807, 2.05) is 6.07 Å². The number of benzene rings is 2. The highest BCUT2D eigenvalue weighted by Crippen LogP contribution is 2.23. The normalized spacial score (nSPS) is 14.8. The van der Waals surface area contributed by atoms with Gasteiger partial charge in [0.05, 0.1) is 0 Å². The average molecular weight is 418 g/mol. The van der Waals surface area contributed by atoms with Gasteiger partial charge in [0.15, 0.2) is 0 Å². The van der Waals surface area contributed by atoms with Crippen LogP contribution in [0.25, 0.3) is 6.08 Å². The minimum absolute atomic E-state index is 0.152. The van der Waals surface area contributed by atoms with Crippen LogP contribution < -0.4 is 5.32 Å². The van der Waals surface area contributed by atoms with E-state index in [-0.39, 0.29) is 17.5 Å². The van der Waals surface area contributed by atoms with Crippen molar-refractivity contribution in [1.29, 1.82) is 0 Å². The molecule has 0 saturated heterocycles. The Hall–Kier alpha value is -2.47. The second kappa shape index (κ2) is 8.27. The summed E-state index contributed by atoms with van der Waals surface area (Å²) in [4.78, 5) is 24.6. The van der Waals surface area contributed by atoms with Gasteiger partial charge in [-0.3, -0.25) is 4.79 Å². The molecule has 0 radical (unpaired) electrons. The second-order valence-corrected chi connectivity index (χ2v) is 6.93. The van der Waals surface area contributed by atoms with Gasteiger partial charge < -0.3 is 10.1 Å². The van der Waals surface area contributed by atoms with Crippen LogP contribution >= 0.6 is 15.9 Å². The maximum absolute atomic E-state index is 13.7. The van der Waals surface area contributed by atoms with Crippen LogP contribution in [0.1, 0.15) is 30.1 Å². The molecule has 1 saturated carbocycles. The second-order valence-electron chi connectivity index (χ2n) is 6.01. The summed E-state index contributed by atoms with van der Waals surface area (Å²) in [5.41, 5.74) is 0.830. The van der Waals surface area contributed by atoms with Crippen molar-refractivity contribution in [2.45, 2.75) is 25.0 Å². The number of hydrogen-bond acceptors (Lipinski definition) is 3. The molecule has 1 amide bonds. The fraction of sp³-hybridized carbons (Fsp3) is 0.200. The van der Waals surface area contributed by atoms with Gasteiger partial charge >= 0.3 is 5.97 Å². The summed E-state index contributed by atoms with van der Waals surface area (Å²) in [6, 6.07) is 13.4. The van der Waals surface area contributed by atoms with Crippen LogP contribution in [0.5, 0.6) is 0 Å². The standard InChI is InChI=1S/C20H17BrFNO3/c21-15-7-10-17(22)14(12-15)6-11-18(24)26-19(13-4-2-1-3-5-13)20(25)23-16-8-9-16/h1-7,10-12,16,19H,8-9H2,(H,23,25)/b11-6+/t19-/m0/s1. The number of nitrogens with one attached hydrogen (secondary N) is 1. The third-order valence-corrected chi connectivity index (χ3v) is 4.35. The lowest BCUT2D eigenvalue weighted by Crippen LogP contribution is -2.33. The fourth-order valence-corrected chi connectivity index (χ4v) is 2.74. The maximum Gasteiger partial charge on any atom is 0.331 e. The first-order valence-corrected chi connectivity index (χ1v) is 9.01. The zero-order valence-electron chi connectivity index (χ0n) is 13.8. The molecule has 1 N–H and O–H groups in total. The third-order valence-electron chi connectivity index (χ3n) is 3.86. The molecule has 1 aliphatic carbocycles. The molecule has 2 aromatic carbocycles. The lowest BCUT2D eigenvalue weighted by molar-refractivity contribution is -0.151. The molecule has 1 fully saturated rings. The summed E-state index contributed by atoms with van der Waals surface area (Å²) < 4.78 is 19.8. The molecule has 1 atom stereocenters. The molecule has 1 aliphatic rings. The van der Waals surface area contributed by atoms with Gasteiger partial charge in [0.25, 0.3) is 5.91 Å². The monoisotopic (exact) mass is 417 g/mol. The molecule has 3 rings (SSSR count). The van der Waals surface area contributed by atoms with Gasteiger partial charge in [-0.1, -0.05) is 46.3 Å². The summed E-state index contributed by atoms with van der Waals surface area (Å²) in [6.07, 6.45) is 3.27. The van der Waals surface area contributed by atoms with E-state index in [2.05, 4.69) is 21.2 Å². The van der Waals surface area contributed by atoms with Crippen LogP contribution in [0.3, 0.4) is 0 Å². The van der Waals surface area contributed by atoms with Crippen molar-refractivity contribution in [2.75, 3.05) is 0 Å². The van der Waals surface area contributed by atoms with E-state index in [4.69, 9.17) is 4.74 Å². The molecule has 4 nitrogen and oxygen atoms in total. The predicted octanol–water partition coefficient (Wildman–Crippen LogP) is 4.16. The highest BCUT2D eigenvalue weighted by Gasteiger charge is 2.30. The fourth-order valence-electron chi connectivity index (χ4n) is 2.36. The zero-order valence-corrected chi connectivity index (χ0v) is 15.4. The number of hydrogen-bond donors (Lipinski definition) is 1. The molecule has 0 spiro atoms. The number of rotatable bonds is 6. The van der Waals surface area contributed by atoms with E-state index >= 15 is 0 Å². The van der Waals surface area contributed by atoms with Crippen molar-refractivity contribution in [1.82, 2.24) is 5.32 Å². The lowest BCUT2D eigenvalue weighted by atomic mass is 10.1. The number of amides is 1. The Balaban J connectivity index is 1.73. The van der Waals surface area contributed by atoms with Gasteiger partial charge in [-0.25, -0.2) is 9.18 Å². The summed E-state index contributed by atoms with van der Waals surface area (Å²) in [5.74, 6) is -1.53. The lowest BCUT2D eigenvalue weighted by Gasteiger charge is -2.17. The van der Waals surface area contributed by atoms with Crippen molar-refractivity contribution in [3.05, 3.63) is 76.0 Å². The minimum atomic E-state index is -1.04. The van der Waals surface area contributed by atoms with Crippen LogP contribution in [0, 0.1) is 5.82 Å². The van der Waals surface area contributed by atoms with Crippen molar-refractivity contribution in [3.8, 4) is 0 Å². The average Bonchev–Trinajstić information content (AvgIpc) is 3.45. The quantitative estimate of drug-likeness (QED) is 0.566. The number of ether oxygens (including phenoxy) is 1. The highest BCUT2D eigenvalue weighted by atomic mass is 79.9. The molecule has 0 bridgehead atoms. The molecule has 26 heavy (non-hydrogen) atoms. The van der Waals surface area contributed by atoms with Crippen molar-refractivity contribution >= 4 is 33.9 Å². The Bertz CT molecular complexity index is 834. The van der Waals surface area contributed by atoms with Crippen LogP contribution in [0.2, 0.25) is 0 Å². The Morgan fingerprint density at radius 3 is 2.62 bits per heavy atom. The molecule has 0 heterocycles. The molecule has 0 aromatic heterocycles. The summed E-state index contributed by atoms with van der Waals surface area (Å²) in [5, 5.41) is 2.84. The van der Waals surface area contributed by atoms with E-state index in [0.717, 1.165) is 18.9 Å². The molecule has 6 heteroatoms. The van der Waals surface area contributed by atoms with E-state index in [9.17, 15) is 14.0 Å². The molecule has 0 aliphatic heterocycles. The van der Waals surface area contributed by atoms with Gasteiger partial charge in [-0.05, 0) is 37.1 Å². The minimum Gasteiger partial charge on any atom is -0.444 e. The molecule has 0 unspecified atom stereocenters. The van der Waals surface area contributed by atoms with Gasteiger partial charge in [0, 0.05) is 27.7 Å². The summed E-state index contributed by atoms with van der Waals surface area (Å²) >= 11 is 3.25. The van der Waals surface area contributed by atoms with Gasteiger partial charge in [-0.15, -0.1) is 0 Å². The zero-order chi connectivity index (χ0) is 18.5. The van der Waals surface area contributed by atoms with E-state index in [0.29, 0.717) is 10.0 Å². The molecule has 134 valence electrons. The first-order chi connectivity index (χ1) is 12.5. The van der Waals surface area contributed by atoms with Crippen LogP contribution in [0.4, 0.5) is 4.39 Å². The Morgan fingerprint density at radius 2 is 1.92 bits per heavy atom. The molecular formula is C20H17BrFNO3. The van der Waals surface area contributed by atoms with E-state index in [1.54, 1.807) is 36.4 Å². The Kier molecular flexibility index (Phi) is 5.83. The first-order valence-electron chi connectivity index (χ1n) is 8.22. The van der Waals surface area contributed by atoms with Gasteiger partial charge in [-0.2, -0.15) is 0 Å². The van der Waals surface area contributed by atoms with Crippen molar-refractivity contribution in [3.63, 3.8) is 0 Å². The number of carbonyl (C=O) groups is 2. The Morgan fingerprint density at radius 1 is 1.19 bits per heavy atom. The maximum atomic E-state index is 13.7. The predicted molar refractivity (Wildman–Crippen MR) is 99.6 cm³/mol. The number of carbonyl (C=O) groups excluding carboxylic acids is 2. The van der Waals surface area contributed by atoms with Gasteiger partial charge in [0.2, 0.25) is 6.10 Å². The summed E-state index contributed by atoms with van der Waals surface area (Å²) in [7, 11) is 0. The van der Waals surface area contributed by atoms with Crippen LogP contribution in [-0.4, -0.2) is 17.9 Å². The van der Waals surface area contributed by atoms with E-state index < -0.39 is 17.9 Å². The Labute approximate surface area is 159 Å². The largest absolute Gasteiger partial charge is 0.444 e. The summed E-state index contributed by atoms with van der Waals surface area (Å²) in [6.45, 7) is 0. The third kappa shape index (κ3) is 5.02. The van der Waals surface area contributed by atoms with Crippen molar-refractivity contribution < 1.29 is 18.7 Å². The van der Waals surface area contributed by atoms with Crippen LogP contribution in [0.15, 0.2) is 59.1 Å².